The summed E-state index contributed by atoms with van der Waals surface area (Å²) in [5.41, 5.74) is 0.926. The number of carbonyl (C=O) groups excluding carboxylic acids is 2. The van der Waals surface area contributed by atoms with Crippen LogP contribution in [0.15, 0.2) is 30.3 Å². The van der Waals surface area contributed by atoms with Gasteiger partial charge in [-0.05, 0) is 12.5 Å². The normalized spacial score (nSPS) is 18.1. The van der Waals surface area contributed by atoms with Crippen LogP contribution in [0.5, 0.6) is 0 Å². The van der Waals surface area contributed by atoms with Crippen molar-refractivity contribution >= 4 is 11.8 Å². The van der Waals surface area contributed by atoms with Crippen molar-refractivity contribution in [2.24, 2.45) is 0 Å². The van der Waals surface area contributed by atoms with E-state index in [9.17, 15) is 9.59 Å². The molecule has 1 aliphatic rings. The molecule has 0 spiro atoms. The summed E-state index contributed by atoms with van der Waals surface area (Å²) in [7, 11) is 0. The van der Waals surface area contributed by atoms with Crippen molar-refractivity contribution in [3.63, 3.8) is 0 Å². The number of ether oxygens (including phenoxy) is 1. The van der Waals surface area contributed by atoms with Crippen LogP contribution in [0.4, 0.5) is 0 Å². The Balaban J connectivity index is 2.19. The van der Waals surface area contributed by atoms with E-state index in [4.69, 9.17) is 4.74 Å². The van der Waals surface area contributed by atoms with Crippen LogP contribution in [-0.2, 0) is 14.3 Å². The Morgan fingerprint density at radius 1 is 1.26 bits per heavy atom. The van der Waals surface area contributed by atoms with Crippen LogP contribution in [0.2, 0.25) is 0 Å². The molecular weight excluding hydrogens is 242 g/mol. The minimum atomic E-state index is -0.394. The van der Waals surface area contributed by atoms with Crippen LogP contribution in [0.1, 0.15) is 31.4 Å². The second kappa shape index (κ2) is 6.48. The molecule has 0 N–H and O–H groups in total. The van der Waals surface area contributed by atoms with Gasteiger partial charge in [0.15, 0.2) is 0 Å². The van der Waals surface area contributed by atoms with Crippen LogP contribution in [0.3, 0.4) is 0 Å². The molecule has 1 unspecified atom stereocenters. The number of nitrogens with zero attached hydrogens (tertiary/aromatic N) is 1. The van der Waals surface area contributed by atoms with Crippen molar-refractivity contribution in [3.8, 4) is 0 Å². The fourth-order valence-corrected chi connectivity index (χ4v) is 2.38. The average molecular weight is 261 g/mol. The lowest BCUT2D eigenvalue weighted by atomic mass is 10.0. The molecule has 4 nitrogen and oxygen atoms in total. The Bertz CT molecular complexity index is 434. The van der Waals surface area contributed by atoms with Crippen LogP contribution < -0.4 is 0 Å². The molecule has 2 rings (SSSR count). The van der Waals surface area contributed by atoms with Crippen molar-refractivity contribution in [3.05, 3.63) is 35.9 Å². The maximum absolute atomic E-state index is 12.2. The van der Waals surface area contributed by atoms with Crippen molar-refractivity contribution in [1.29, 1.82) is 0 Å². The summed E-state index contributed by atoms with van der Waals surface area (Å²) in [4.78, 5) is 25.5. The van der Waals surface area contributed by atoms with Gasteiger partial charge < -0.3 is 4.74 Å². The van der Waals surface area contributed by atoms with E-state index in [1.54, 1.807) is 6.92 Å². The van der Waals surface area contributed by atoms with Gasteiger partial charge in [0.05, 0.1) is 6.61 Å². The molecule has 19 heavy (non-hydrogen) atoms. The summed E-state index contributed by atoms with van der Waals surface area (Å²) in [5.74, 6) is 0.0370. The van der Waals surface area contributed by atoms with Gasteiger partial charge in [-0.15, -0.1) is 0 Å². The molecule has 1 aliphatic heterocycles. The van der Waals surface area contributed by atoms with E-state index < -0.39 is 6.04 Å². The highest BCUT2D eigenvalue weighted by Crippen LogP contribution is 2.25. The molecule has 102 valence electrons. The van der Waals surface area contributed by atoms with Gasteiger partial charge in [0.25, 0.3) is 0 Å². The number of piperidine rings is 1. The van der Waals surface area contributed by atoms with Gasteiger partial charge >= 0.3 is 5.97 Å². The van der Waals surface area contributed by atoms with E-state index in [0.29, 0.717) is 32.5 Å². The van der Waals surface area contributed by atoms with E-state index in [-0.39, 0.29) is 11.8 Å². The zero-order valence-electron chi connectivity index (χ0n) is 11.2. The number of likely N-dealkylation sites (tertiary alicyclic amines) is 1. The molecule has 4 heteroatoms. The Morgan fingerprint density at radius 3 is 2.47 bits per heavy atom. The summed E-state index contributed by atoms with van der Waals surface area (Å²) in [6.07, 6.45) is 1.03. The van der Waals surface area contributed by atoms with E-state index in [1.165, 1.54) is 0 Å². The predicted octanol–water partition coefficient (Wildman–Crippen LogP) is 1.96. The predicted molar refractivity (Wildman–Crippen MR) is 71.6 cm³/mol. The van der Waals surface area contributed by atoms with Gasteiger partial charge in [0, 0.05) is 25.9 Å². The summed E-state index contributed by atoms with van der Waals surface area (Å²) < 4.78 is 5.17. The monoisotopic (exact) mass is 261 g/mol. The smallest absolute Gasteiger partial charge is 0.327 e. The van der Waals surface area contributed by atoms with Gasteiger partial charge in [-0.2, -0.15) is 0 Å². The lowest BCUT2D eigenvalue weighted by molar-refractivity contribution is -0.151. The third-order valence-corrected chi connectivity index (χ3v) is 3.35. The maximum Gasteiger partial charge on any atom is 0.327 e. The molecule has 1 heterocycles. The van der Waals surface area contributed by atoms with Crippen molar-refractivity contribution in [2.75, 3.05) is 19.7 Å². The van der Waals surface area contributed by atoms with Crippen LogP contribution in [0, 0.1) is 0 Å². The van der Waals surface area contributed by atoms with E-state index in [1.807, 2.05) is 35.2 Å². The van der Waals surface area contributed by atoms with E-state index >= 15 is 0 Å². The van der Waals surface area contributed by atoms with Crippen LogP contribution in [0.25, 0.3) is 0 Å². The van der Waals surface area contributed by atoms with Crippen LogP contribution in [-0.4, -0.2) is 36.3 Å². The molecular formula is C15H19NO3. The Labute approximate surface area is 113 Å². The summed E-state index contributed by atoms with van der Waals surface area (Å²) in [6, 6.07) is 9.21. The quantitative estimate of drug-likeness (QED) is 0.777. The molecule has 0 radical (unpaired) electrons. The van der Waals surface area contributed by atoms with Gasteiger partial charge in [0.2, 0.25) is 0 Å². The van der Waals surface area contributed by atoms with Gasteiger partial charge in [-0.3, -0.25) is 9.69 Å². The zero-order chi connectivity index (χ0) is 13.7. The van der Waals surface area contributed by atoms with Gasteiger partial charge in [0.1, 0.15) is 11.8 Å². The molecule has 1 fully saturated rings. The summed E-state index contributed by atoms with van der Waals surface area (Å²) in [5, 5.41) is 0. The summed E-state index contributed by atoms with van der Waals surface area (Å²) in [6.45, 7) is 3.42. The standard InChI is InChI=1S/C15H19NO3/c1-2-19-15(18)14(12-6-4-3-5-7-12)16-10-8-13(17)9-11-16/h3-7,14H,2,8-11H2,1H3. The molecule has 0 aromatic heterocycles. The number of esters is 1. The molecule has 0 amide bonds. The number of hydrogen-bond acceptors (Lipinski definition) is 4. The minimum absolute atomic E-state index is 0.233. The molecule has 1 saturated heterocycles. The lowest BCUT2D eigenvalue weighted by Crippen LogP contribution is -2.41. The topological polar surface area (TPSA) is 46.6 Å². The Morgan fingerprint density at radius 2 is 1.89 bits per heavy atom. The van der Waals surface area contributed by atoms with Crippen LogP contribution >= 0.6 is 0 Å². The SMILES string of the molecule is CCOC(=O)C(c1ccccc1)N1CCC(=O)CC1. The molecule has 1 aromatic carbocycles. The number of benzene rings is 1. The average Bonchev–Trinajstić information content (AvgIpc) is 2.43. The highest BCUT2D eigenvalue weighted by atomic mass is 16.5. The largest absolute Gasteiger partial charge is 0.465 e. The number of Topliss-reactive ketones (excluding diaryl/α,β-unsaturated/α-hetero) is 1. The number of carbonyl (C=O) groups is 2. The Kier molecular flexibility index (Phi) is 4.68. The fourth-order valence-electron chi connectivity index (χ4n) is 2.38. The molecule has 0 saturated carbocycles. The first kappa shape index (κ1) is 13.7. The third-order valence-electron chi connectivity index (χ3n) is 3.35. The summed E-state index contributed by atoms with van der Waals surface area (Å²) >= 11 is 0. The zero-order valence-corrected chi connectivity index (χ0v) is 11.2. The highest BCUT2D eigenvalue weighted by molar-refractivity contribution is 5.81. The number of rotatable bonds is 4. The van der Waals surface area contributed by atoms with Crippen molar-refractivity contribution < 1.29 is 14.3 Å². The first-order chi connectivity index (χ1) is 9.22. The van der Waals surface area contributed by atoms with E-state index in [2.05, 4.69) is 0 Å². The number of hydrogen-bond donors (Lipinski definition) is 0. The number of ketones is 1. The molecule has 0 bridgehead atoms. The van der Waals surface area contributed by atoms with Crippen molar-refractivity contribution in [1.82, 2.24) is 4.90 Å². The molecule has 0 aliphatic carbocycles. The molecule has 1 atom stereocenters. The second-order valence-corrected chi connectivity index (χ2v) is 4.64. The molecule has 1 aromatic rings. The van der Waals surface area contributed by atoms with Gasteiger partial charge in [-0.1, -0.05) is 30.3 Å². The fraction of sp³-hybridized carbons (Fsp3) is 0.467. The Hall–Kier alpha value is -1.68. The van der Waals surface area contributed by atoms with E-state index in [0.717, 1.165) is 5.56 Å². The maximum atomic E-state index is 12.2. The first-order valence-electron chi connectivity index (χ1n) is 6.69. The second-order valence-electron chi connectivity index (χ2n) is 4.64. The minimum Gasteiger partial charge on any atom is -0.465 e. The van der Waals surface area contributed by atoms with Crippen molar-refractivity contribution in [2.45, 2.75) is 25.8 Å². The highest BCUT2D eigenvalue weighted by Gasteiger charge is 2.31. The first-order valence-corrected chi connectivity index (χ1v) is 6.69. The third kappa shape index (κ3) is 3.41. The lowest BCUT2D eigenvalue weighted by Gasteiger charge is -2.32. The van der Waals surface area contributed by atoms with Gasteiger partial charge in [-0.25, -0.2) is 4.79 Å².